The molecule has 3 nitrogen and oxygen atoms in total. The van der Waals surface area contributed by atoms with Crippen molar-refractivity contribution in [3.8, 4) is 50.2 Å². The molecule has 63 heavy (non-hydrogen) atoms. The van der Waals surface area contributed by atoms with Gasteiger partial charge in [0.15, 0.2) is 0 Å². The van der Waals surface area contributed by atoms with Crippen molar-refractivity contribution >= 4 is 60.8 Å². The van der Waals surface area contributed by atoms with E-state index in [2.05, 4.69) is 240 Å². The van der Waals surface area contributed by atoms with Gasteiger partial charge in [-0.25, -0.2) is 0 Å². The van der Waals surface area contributed by atoms with Crippen LogP contribution in [-0.2, 0) is 0 Å². The summed E-state index contributed by atoms with van der Waals surface area (Å²) >= 11 is 0. The Morgan fingerprint density at radius 2 is 0.810 bits per heavy atom. The van der Waals surface area contributed by atoms with Gasteiger partial charge in [0.25, 0.3) is 0 Å². The highest BCUT2D eigenvalue weighted by atomic mass is 16.3. The van der Waals surface area contributed by atoms with E-state index in [0.29, 0.717) is 0 Å². The van der Waals surface area contributed by atoms with Crippen LogP contribution in [0.5, 0.6) is 0 Å². The summed E-state index contributed by atoms with van der Waals surface area (Å²) in [5.41, 5.74) is 17.6. The predicted octanol–water partition coefficient (Wildman–Crippen LogP) is 16.8. The Labute approximate surface area is 366 Å². The van der Waals surface area contributed by atoms with Crippen LogP contribution in [0.25, 0.3) is 93.9 Å². The Kier molecular flexibility index (Phi) is 8.83. The quantitative estimate of drug-likeness (QED) is 0.153. The zero-order chi connectivity index (χ0) is 41.7. The molecule has 12 rings (SSSR count). The first-order valence-electron chi connectivity index (χ1n) is 21.5. The van der Waals surface area contributed by atoms with Gasteiger partial charge in [-0.05, 0) is 64.7 Å². The maximum Gasteiger partial charge on any atom is 0.143 e. The average molecular weight is 805 g/mol. The van der Waals surface area contributed by atoms with E-state index >= 15 is 0 Å². The normalized spacial score (nSPS) is 11.5. The van der Waals surface area contributed by atoms with E-state index in [4.69, 9.17) is 4.42 Å². The van der Waals surface area contributed by atoms with Gasteiger partial charge in [-0.15, -0.1) is 0 Å². The number of furan rings is 1. The molecule has 3 heteroatoms. The van der Waals surface area contributed by atoms with Crippen LogP contribution < -0.4 is 4.90 Å². The van der Waals surface area contributed by atoms with Crippen molar-refractivity contribution in [2.75, 3.05) is 4.90 Å². The van der Waals surface area contributed by atoms with Gasteiger partial charge in [0, 0.05) is 55.2 Å². The molecule has 0 atom stereocenters. The minimum Gasteiger partial charge on any atom is -0.455 e. The second-order valence-electron chi connectivity index (χ2n) is 16.0. The predicted molar refractivity (Wildman–Crippen MR) is 264 cm³/mol. The van der Waals surface area contributed by atoms with Crippen LogP contribution in [0, 0.1) is 0 Å². The SMILES string of the molecule is c1ccc(-c2ccccc2N(c2ccc(-c3cccc4c3oc3ccccc34)cc2)c2ccc3c4ccccc4n(-c4c(-c5ccccc5)cccc4-c4ccccc4)c3c2)cc1. The Hall–Kier alpha value is -8.40. The van der Waals surface area contributed by atoms with E-state index in [-0.39, 0.29) is 0 Å². The Bertz CT molecular complexity index is 3550. The summed E-state index contributed by atoms with van der Waals surface area (Å²) in [5, 5.41) is 4.66. The minimum absolute atomic E-state index is 0.898. The third kappa shape index (κ3) is 6.21. The van der Waals surface area contributed by atoms with Crippen molar-refractivity contribution in [3.63, 3.8) is 0 Å². The number of anilines is 3. The van der Waals surface area contributed by atoms with Crippen LogP contribution in [0.3, 0.4) is 0 Å². The van der Waals surface area contributed by atoms with Gasteiger partial charge in [0.05, 0.1) is 22.4 Å². The first kappa shape index (κ1) is 36.5. The summed E-state index contributed by atoms with van der Waals surface area (Å²) in [4.78, 5) is 2.41. The van der Waals surface area contributed by atoms with Crippen molar-refractivity contribution < 1.29 is 4.42 Å². The smallest absolute Gasteiger partial charge is 0.143 e. The van der Waals surface area contributed by atoms with Crippen LogP contribution >= 0.6 is 0 Å². The molecular weight excluding hydrogens is 765 g/mol. The molecule has 2 aromatic heterocycles. The van der Waals surface area contributed by atoms with E-state index in [1.165, 1.54) is 33.0 Å². The molecule has 0 radical (unpaired) electrons. The average Bonchev–Trinajstić information content (AvgIpc) is 3.91. The second kappa shape index (κ2) is 15.3. The second-order valence-corrected chi connectivity index (χ2v) is 16.0. The number of nitrogens with zero attached hydrogens (tertiary/aromatic N) is 2. The third-order valence-corrected chi connectivity index (χ3v) is 12.4. The van der Waals surface area contributed by atoms with Gasteiger partial charge in [-0.1, -0.05) is 200 Å². The molecule has 0 amide bonds. The summed E-state index contributed by atoms with van der Waals surface area (Å²) in [5.74, 6) is 0. The number of fused-ring (bicyclic) bond motifs is 6. The Balaban J connectivity index is 1.10. The minimum atomic E-state index is 0.898. The molecule has 0 saturated heterocycles. The zero-order valence-electron chi connectivity index (χ0n) is 34.4. The molecule has 296 valence electrons. The maximum atomic E-state index is 6.49. The highest BCUT2D eigenvalue weighted by Gasteiger charge is 2.23. The van der Waals surface area contributed by atoms with E-state index in [1.807, 2.05) is 12.1 Å². The fourth-order valence-corrected chi connectivity index (χ4v) is 9.55. The zero-order valence-corrected chi connectivity index (χ0v) is 34.4. The number of aromatic nitrogens is 1. The number of hydrogen-bond acceptors (Lipinski definition) is 2. The number of rotatable bonds is 8. The molecule has 0 saturated carbocycles. The van der Waals surface area contributed by atoms with E-state index < -0.39 is 0 Å². The largest absolute Gasteiger partial charge is 0.455 e. The van der Waals surface area contributed by atoms with Crippen LogP contribution in [0.1, 0.15) is 0 Å². The molecule has 0 aliphatic heterocycles. The lowest BCUT2D eigenvalue weighted by Gasteiger charge is -2.28. The molecule has 0 aliphatic rings. The Morgan fingerprint density at radius 1 is 0.317 bits per heavy atom. The lowest BCUT2D eigenvalue weighted by molar-refractivity contribution is 0.670. The first-order chi connectivity index (χ1) is 31.3. The van der Waals surface area contributed by atoms with E-state index in [9.17, 15) is 0 Å². The molecular formula is C60H40N2O. The molecule has 2 heterocycles. The number of benzene rings is 10. The van der Waals surface area contributed by atoms with E-state index in [0.717, 1.165) is 78.0 Å². The highest BCUT2D eigenvalue weighted by molar-refractivity contribution is 6.12. The van der Waals surface area contributed by atoms with Crippen molar-refractivity contribution in [1.29, 1.82) is 0 Å². The van der Waals surface area contributed by atoms with Crippen LogP contribution in [-0.4, -0.2) is 4.57 Å². The fraction of sp³-hybridized carbons (Fsp3) is 0. The molecule has 0 fully saturated rings. The summed E-state index contributed by atoms with van der Waals surface area (Å²) in [6, 6.07) is 87.2. The van der Waals surface area contributed by atoms with Crippen molar-refractivity contribution in [3.05, 3.63) is 243 Å². The van der Waals surface area contributed by atoms with Crippen LogP contribution in [0.4, 0.5) is 17.1 Å². The first-order valence-corrected chi connectivity index (χ1v) is 21.5. The molecule has 10 aromatic carbocycles. The topological polar surface area (TPSA) is 21.3 Å². The van der Waals surface area contributed by atoms with Crippen molar-refractivity contribution in [2.45, 2.75) is 0 Å². The van der Waals surface area contributed by atoms with Gasteiger partial charge in [0.1, 0.15) is 11.2 Å². The van der Waals surface area contributed by atoms with Gasteiger partial charge in [-0.2, -0.15) is 0 Å². The summed E-state index contributed by atoms with van der Waals surface area (Å²) in [6.07, 6.45) is 0. The maximum absolute atomic E-state index is 6.49. The van der Waals surface area contributed by atoms with Crippen LogP contribution in [0.15, 0.2) is 247 Å². The Morgan fingerprint density at radius 3 is 1.52 bits per heavy atom. The summed E-state index contributed by atoms with van der Waals surface area (Å²) in [6.45, 7) is 0. The van der Waals surface area contributed by atoms with Crippen molar-refractivity contribution in [2.24, 2.45) is 0 Å². The summed E-state index contributed by atoms with van der Waals surface area (Å²) < 4.78 is 8.99. The molecule has 12 aromatic rings. The van der Waals surface area contributed by atoms with Gasteiger partial charge < -0.3 is 13.9 Å². The van der Waals surface area contributed by atoms with Gasteiger partial charge in [-0.3, -0.25) is 0 Å². The molecule has 0 spiro atoms. The molecule has 0 bridgehead atoms. The van der Waals surface area contributed by atoms with Gasteiger partial charge >= 0.3 is 0 Å². The standard InChI is InChI=1S/C60H40N2O/c1-4-18-41(19-5-1)47-24-10-13-31-55(47)61(45-36-34-44(35-37-45)50-29-17-30-54-53-26-12-15-33-58(53)63-60(50)54)46-38-39-52-51-25-11-14-32-56(51)62(57(52)40-46)59-48(42-20-6-2-7-21-42)27-16-28-49(59)43-22-8-3-9-23-43/h1-40H. The summed E-state index contributed by atoms with van der Waals surface area (Å²) in [7, 11) is 0. The number of para-hydroxylation sites is 5. The monoisotopic (exact) mass is 804 g/mol. The van der Waals surface area contributed by atoms with Crippen molar-refractivity contribution in [1.82, 2.24) is 4.57 Å². The fourth-order valence-electron chi connectivity index (χ4n) is 9.55. The number of hydrogen-bond donors (Lipinski definition) is 0. The lowest BCUT2D eigenvalue weighted by Crippen LogP contribution is -2.11. The van der Waals surface area contributed by atoms with E-state index in [1.54, 1.807) is 0 Å². The third-order valence-electron chi connectivity index (χ3n) is 12.4. The molecule has 0 unspecified atom stereocenters. The lowest BCUT2D eigenvalue weighted by atomic mass is 9.95. The molecule has 0 aliphatic carbocycles. The van der Waals surface area contributed by atoms with Gasteiger partial charge in [0.2, 0.25) is 0 Å². The highest BCUT2D eigenvalue weighted by Crippen LogP contribution is 2.46. The molecule has 0 N–H and O–H groups in total. The van der Waals surface area contributed by atoms with Crippen LogP contribution in [0.2, 0.25) is 0 Å².